The van der Waals surface area contributed by atoms with Crippen LogP contribution in [-0.4, -0.2) is 42.5 Å². The fourth-order valence-electron chi connectivity index (χ4n) is 2.82. The number of amides is 1. The summed E-state index contributed by atoms with van der Waals surface area (Å²) in [5, 5.41) is 0. The van der Waals surface area contributed by atoms with Crippen LogP contribution in [0.3, 0.4) is 0 Å². The molecule has 0 bridgehead atoms. The number of hydrogen-bond donors (Lipinski definition) is 1. The van der Waals surface area contributed by atoms with Crippen molar-refractivity contribution in [2.75, 3.05) is 13.7 Å². The number of nitrogens with two attached hydrogens (primary N) is 1. The molecule has 1 amide bonds. The Kier molecular flexibility index (Phi) is 11.7. The second kappa shape index (κ2) is 12.5. The van der Waals surface area contributed by atoms with E-state index in [1.807, 2.05) is 44.2 Å². The lowest BCUT2D eigenvalue weighted by Gasteiger charge is -2.31. The molecule has 0 unspecified atom stereocenters. The molecule has 1 aromatic carbocycles. The highest BCUT2D eigenvalue weighted by Gasteiger charge is 2.26. The zero-order chi connectivity index (χ0) is 19.7. The van der Waals surface area contributed by atoms with E-state index in [1.165, 1.54) is 0 Å². The smallest absolute Gasteiger partial charge is 0.333 e. The lowest BCUT2D eigenvalue weighted by Crippen LogP contribution is -2.48. The summed E-state index contributed by atoms with van der Waals surface area (Å²) in [6, 6.07) is 9.20. The predicted molar refractivity (Wildman–Crippen MR) is 112 cm³/mol. The van der Waals surface area contributed by atoms with Gasteiger partial charge in [-0.25, -0.2) is 4.79 Å². The molecule has 27 heavy (non-hydrogen) atoms. The van der Waals surface area contributed by atoms with Crippen LogP contribution in [0.2, 0.25) is 0 Å². The molecule has 0 aliphatic carbocycles. The molecular weight excluding hydrogens is 364 g/mol. The maximum absolute atomic E-state index is 12.7. The highest BCUT2D eigenvalue weighted by Crippen LogP contribution is 2.16. The molecular formula is C21H33ClN2O3. The minimum absolute atomic E-state index is 0. The van der Waals surface area contributed by atoms with Crippen LogP contribution in [0.15, 0.2) is 42.0 Å². The summed E-state index contributed by atoms with van der Waals surface area (Å²) in [6.45, 7) is 7.83. The van der Waals surface area contributed by atoms with Gasteiger partial charge in [-0.1, -0.05) is 50.3 Å². The first kappa shape index (κ1) is 25.1. The third kappa shape index (κ3) is 8.14. The zero-order valence-corrected chi connectivity index (χ0v) is 17.8. The SMILES string of the molecule is CCOC(=O)/C(C)=C/[C@H](C(C)C)N(C)C(=O)[C@@H](N)CCc1ccccc1.Cl. The Morgan fingerprint density at radius 1 is 1.22 bits per heavy atom. The van der Waals surface area contributed by atoms with Crippen molar-refractivity contribution in [3.05, 3.63) is 47.5 Å². The summed E-state index contributed by atoms with van der Waals surface area (Å²) >= 11 is 0. The Bertz CT molecular complexity index is 617. The van der Waals surface area contributed by atoms with Crippen molar-refractivity contribution in [1.82, 2.24) is 4.90 Å². The fourth-order valence-corrected chi connectivity index (χ4v) is 2.82. The molecule has 0 aromatic heterocycles. The molecule has 0 aliphatic heterocycles. The van der Waals surface area contributed by atoms with Gasteiger partial charge < -0.3 is 15.4 Å². The maximum Gasteiger partial charge on any atom is 0.333 e. The molecule has 0 fully saturated rings. The van der Waals surface area contributed by atoms with E-state index in [2.05, 4.69) is 0 Å². The van der Waals surface area contributed by atoms with Crippen molar-refractivity contribution < 1.29 is 14.3 Å². The van der Waals surface area contributed by atoms with Gasteiger partial charge in [0.1, 0.15) is 0 Å². The van der Waals surface area contributed by atoms with E-state index >= 15 is 0 Å². The maximum atomic E-state index is 12.7. The third-order valence-corrected chi connectivity index (χ3v) is 4.40. The summed E-state index contributed by atoms with van der Waals surface area (Å²) in [4.78, 5) is 26.3. The van der Waals surface area contributed by atoms with Crippen molar-refractivity contribution in [1.29, 1.82) is 0 Å². The number of aryl methyl sites for hydroxylation is 1. The van der Waals surface area contributed by atoms with Gasteiger partial charge in [0.2, 0.25) is 5.91 Å². The highest BCUT2D eigenvalue weighted by atomic mass is 35.5. The minimum atomic E-state index is -0.572. The van der Waals surface area contributed by atoms with E-state index in [9.17, 15) is 9.59 Å². The largest absolute Gasteiger partial charge is 0.463 e. The summed E-state index contributed by atoms with van der Waals surface area (Å²) in [7, 11) is 1.74. The second-order valence-corrected chi connectivity index (χ2v) is 6.88. The van der Waals surface area contributed by atoms with E-state index < -0.39 is 6.04 Å². The van der Waals surface area contributed by atoms with Crippen molar-refractivity contribution in [3.63, 3.8) is 0 Å². The lowest BCUT2D eigenvalue weighted by atomic mass is 9.98. The number of benzene rings is 1. The topological polar surface area (TPSA) is 72.6 Å². The normalized spacial score (nSPS) is 13.5. The van der Waals surface area contributed by atoms with Gasteiger partial charge in [-0.05, 0) is 38.2 Å². The molecule has 0 saturated carbocycles. The van der Waals surface area contributed by atoms with Gasteiger partial charge in [0.25, 0.3) is 0 Å². The average Bonchev–Trinajstić information content (AvgIpc) is 2.63. The number of carbonyl (C=O) groups excluding carboxylic acids is 2. The Morgan fingerprint density at radius 3 is 2.33 bits per heavy atom. The first-order valence-electron chi connectivity index (χ1n) is 9.19. The standard InChI is InChI=1S/C21H32N2O3.ClH/c1-6-26-21(25)16(4)14-19(15(2)3)23(5)20(24)18(22)13-12-17-10-8-7-9-11-17;/h7-11,14-15,18-19H,6,12-13,22H2,1-5H3;1H/b16-14+;/t18-,19+;/m0./s1. The number of hydrogen-bond acceptors (Lipinski definition) is 4. The number of esters is 1. The van der Waals surface area contributed by atoms with Gasteiger partial charge in [0.05, 0.1) is 18.7 Å². The molecule has 0 aliphatic rings. The van der Waals surface area contributed by atoms with Crippen LogP contribution in [0.5, 0.6) is 0 Å². The summed E-state index contributed by atoms with van der Waals surface area (Å²) in [5.74, 6) is -0.324. The van der Waals surface area contributed by atoms with E-state index in [1.54, 1.807) is 31.9 Å². The summed E-state index contributed by atoms with van der Waals surface area (Å²) in [6.07, 6.45) is 3.13. The molecule has 2 atom stereocenters. The molecule has 5 nitrogen and oxygen atoms in total. The first-order valence-corrected chi connectivity index (χ1v) is 9.19. The Morgan fingerprint density at radius 2 is 1.81 bits per heavy atom. The highest BCUT2D eigenvalue weighted by molar-refractivity contribution is 5.88. The van der Waals surface area contributed by atoms with Crippen LogP contribution in [-0.2, 0) is 20.7 Å². The van der Waals surface area contributed by atoms with Crippen LogP contribution in [0.1, 0.15) is 39.7 Å². The number of nitrogens with zero attached hydrogens (tertiary/aromatic N) is 1. The van der Waals surface area contributed by atoms with Crippen molar-refractivity contribution in [2.45, 2.75) is 52.6 Å². The van der Waals surface area contributed by atoms with Gasteiger partial charge >= 0.3 is 5.97 Å². The fraction of sp³-hybridized carbons (Fsp3) is 0.524. The molecule has 0 radical (unpaired) electrons. The van der Waals surface area contributed by atoms with Gasteiger partial charge in [0, 0.05) is 12.6 Å². The van der Waals surface area contributed by atoms with Gasteiger partial charge in [0.15, 0.2) is 0 Å². The molecule has 0 heterocycles. The number of halogens is 1. The van der Waals surface area contributed by atoms with Crippen LogP contribution in [0.25, 0.3) is 0 Å². The Hall–Kier alpha value is -1.85. The van der Waals surface area contributed by atoms with Crippen molar-refractivity contribution >= 4 is 24.3 Å². The average molecular weight is 397 g/mol. The molecule has 152 valence electrons. The van der Waals surface area contributed by atoms with Crippen LogP contribution < -0.4 is 5.73 Å². The van der Waals surface area contributed by atoms with E-state index in [4.69, 9.17) is 10.5 Å². The molecule has 1 rings (SSSR count). The molecule has 2 N–H and O–H groups in total. The predicted octanol–water partition coefficient (Wildman–Crippen LogP) is 3.36. The van der Waals surface area contributed by atoms with Gasteiger partial charge in [-0.15, -0.1) is 12.4 Å². The van der Waals surface area contributed by atoms with E-state index in [-0.39, 0.29) is 36.2 Å². The first-order chi connectivity index (χ1) is 12.3. The Balaban J connectivity index is 0.00000676. The quantitative estimate of drug-likeness (QED) is 0.513. The number of carbonyl (C=O) groups is 2. The lowest BCUT2D eigenvalue weighted by molar-refractivity contribution is -0.139. The number of ether oxygens (including phenoxy) is 1. The third-order valence-electron chi connectivity index (χ3n) is 4.40. The van der Waals surface area contributed by atoms with Gasteiger partial charge in [-0.2, -0.15) is 0 Å². The van der Waals surface area contributed by atoms with Gasteiger partial charge in [-0.3, -0.25) is 4.79 Å². The van der Waals surface area contributed by atoms with Crippen LogP contribution >= 0.6 is 12.4 Å². The number of likely N-dealkylation sites (N-methyl/N-ethyl adjacent to an activating group) is 1. The van der Waals surface area contributed by atoms with Crippen LogP contribution in [0, 0.1) is 5.92 Å². The van der Waals surface area contributed by atoms with E-state index in [0.717, 1.165) is 12.0 Å². The molecule has 0 spiro atoms. The van der Waals surface area contributed by atoms with Crippen molar-refractivity contribution in [2.24, 2.45) is 11.7 Å². The molecule has 6 heteroatoms. The van der Waals surface area contributed by atoms with Crippen molar-refractivity contribution in [3.8, 4) is 0 Å². The van der Waals surface area contributed by atoms with Crippen LogP contribution in [0.4, 0.5) is 0 Å². The second-order valence-electron chi connectivity index (χ2n) is 6.88. The molecule has 0 saturated heterocycles. The van der Waals surface area contributed by atoms with E-state index in [0.29, 0.717) is 18.6 Å². The number of rotatable bonds is 9. The monoisotopic (exact) mass is 396 g/mol. The summed E-state index contributed by atoms with van der Waals surface area (Å²) in [5.41, 5.74) is 7.81. The zero-order valence-electron chi connectivity index (χ0n) is 17.0. The Labute approximate surface area is 169 Å². The minimum Gasteiger partial charge on any atom is -0.463 e. The molecule has 1 aromatic rings. The summed E-state index contributed by atoms with van der Waals surface area (Å²) < 4.78 is 5.02.